The summed E-state index contributed by atoms with van der Waals surface area (Å²) in [5.74, 6) is 2.69. The minimum Gasteiger partial charge on any atom is -0.299 e. The van der Waals surface area contributed by atoms with Crippen molar-refractivity contribution >= 4 is 11.6 Å². The summed E-state index contributed by atoms with van der Waals surface area (Å²) in [5, 5.41) is 0. The number of aryl methyl sites for hydroxylation is 1. The Morgan fingerprint density at radius 2 is 1.61 bits per heavy atom. The molecule has 2 nitrogen and oxygen atoms in total. The van der Waals surface area contributed by atoms with Crippen LogP contribution in [-0.4, -0.2) is 11.6 Å². The zero-order valence-corrected chi connectivity index (χ0v) is 21.3. The number of hydrogen-bond acceptors (Lipinski definition) is 2. The summed E-state index contributed by atoms with van der Waals surface area (Å²) in [7, 11) is 0. The SMILES string of the molecule is CCCCCCCCCCCCC(=O)c1ccc2c(c1)CC[C@@H]1[C@@H]2CC[C@]2(C)C(=O)CC[C@@H]12. The fraction of sp³-hybridized carbons (Fsp3) is 0.742. The molecule has 0 spiro atoms. The van der Waals surface area contributed by atoms with Gasteiger partial charge in [0.1, 0.15) is 5.78 Å². The molecular formula is C31H46O2. The number of benzene rings is 1. The third kappa shape index (κ3) is 5.46. The van der Waals surface area contributed by atoms with Gasteiger partial charge in [0.05, 0.1) is 0 Å². The Bertz CT molecular complexity index is 824. The molecule has 0 aromatic heterocycles. The number of fused-ring (bicyclic) bond motifs is 5. The lowest BCUT2D eigenvalue weighted by atomic mass is 9.55. The van der Waals surface area contributed by atoms with Gasteiger partial charge in [0.15, 0.2) is 5.78 Å². The van der Waals surface area contributed by atoms with Crippen molar-refractivity contribution in [1.82, 2.24) is 0 Å². The van der Waals surface area contributed by atoms with E-state index in [1.807, 2.05) is 0 Å². The number of rotatable bonds is 12. The second kappa shape index (κ2) is 11.3. The molecule has 0 amide bonds. The van der Waals surface area contributed by atoms with Crippen molar-refractivity contribution in [2.75, 3.05) is 0 Å². The van der Waals surface area contributed by atoms with Crippen LogP contribution in [-0.2, 0) is 11.2 Å². The first kappa shape index (κ1) is 24.7. The number of carbonyl (C=O) groups excluding carboxylic acids is 2. The van der Waals surface area contributed by atoms with E-state index in [-0.39, 0.29) is 5.41 Å². The van der Waals surface area contributed by atoms with E-state index in [1.54, 1.807) is 0 Å². The minimum atomic E-state index is -0.0520. The van der Waals surface area contributed by atoms with Gasteiger partial charge in [-0.1, -0.05) is 83.8 Å². The Kier molecular flexibility index (Phi) is 8.47. The lowest BCUT2D eigenvalue weighted by molar-refractivity contribution is -0.129. The van der Waals surface area contributed by atoms with Gasteiger partial charge < -0.3 is 0 Å². The van der Waals surface area contributed by atoms with Crippen LogP contribution in [0.3, 0.4) is 0 Å². The second-order valence-corrected chi connectivity index (χ2v) is 11.6. The fourth-order valence-corrected chi connectivity index (χ4v) is 7.44. The maximum Gasteiger partial charge on any atom is 0.162 e. The first-order valence-corrected chi connectivity index (χ1v) is 14.2. The molecule has 0 radical (unpaired) electrons. The molecule has 0 N–H and O–H groups in total. The number of Topliss-reactive ketones (excluding diaryl/α,β-unsaturated/α-hetero) is 2. The Hall–Kier alpha value is -1.44. The van der Waals surface area contributed by atoms with Crippen LogP contribution in [0.5, 0.6) is 0 Å². The highest BCUT2D eigenvalue weighted by Gasteiger charge is 2.54. The van der Waals surface area contributed by atoms with Gasteiger partial charge in [-0.15, -0.1) is 0 Å². The Morgan fingerprint density at radius 3 is 2.33 bits per heavy atom. The highest BCUT2D eigenvalue weighted by molar-refractivity contribution is 5.96. The molecule has 0 heterocycles. The third-order valence-corrected chi connectivity index (χ3v) is 9.51. The normalized spacial score (nSPS) is 28.3. The summed E-state index contributed by atoms with van der Waals surface area (Å²) in [6.45, 7) is 4.51. The van der Waals surface area contributed by atoms with Crippen LogP contribution < -0.4 is 0 Å². The van der Waals surface area contributed by atoms with Crippen LogP contribution in [0, 0.1) is 17.3 Å². The molecule has 2 heteroatoms. The predicted molar refractivity (Wildman–Crippen MR) is 137 cm³/mol. The summed E-state index contributed by atoms with van der Waals surface area (Å²) in [6, 6.07) is 6.60. The van der Waals surface area contributed by atoms with Gasteiger partial charge in [-0.3, -0.25) is 9.59 Å². The van der Waals surface area contributed by atoms with E-state index < -0.39 is 0 Å². The molecule has 1 aromatic carbocycles. The Morgan fingerprint density at radius 1 is 0.909 bits per heavy atom. The topological polar surface area (TPSA) is 34.1 Å². The van der Waals surface area contributed by atoms with E-state index in [4.69, 9.17) is 0 Å². The van der Waals surface area contributed by atoms with Gasteiger partial charge in [-0.05, 0) is 73.5 Å². The standard InChI is InChI=1S/C31H46O2/c1-3-4-5-6-7-8-9-10-11-12-13-29(32)24-15-16-25-23(22-24)14-17-27-26(25)20-21-31(2)28(27)18-19-30(31)33/h15-16,22,26-28H,3-14,17-21H2,1-2H3/t26-,27-,28+,31+/m1/s1. The van der Waals surface area contributed by atoms with Crippen molar-refractivity contribution in [2.24, 2.45) is 17.3 Å². The van der Waals surface area contributed by atoms with E-state index in [0.29, 0.717) is 35.7 Å². The fourth-order valence-electron chi connectivity index (χ4n) is 7.44. The predicted octanol–water partition coefficient (Wildman–Crippen LogP) is 8.61. The van der Waals surface area contributed by atoms with Crippen molar-refractivity contribution in [3.8, 4) is 0 Å². The quantitative estimate of drug-likeness (QED) is 0.236. The number of carbonyl (C=O) groups is 2. The van der Waals surface area contributed by atoms with Crippen molar-refractivity contribution in [2.45, 2.75) is 129 Å². The van der Waals surface area contributed by atoms with Crippen molar-refractivity contribution in [3.05, 3.63) is 34.9 Å². The highest BCUT2D eigenvalue weighted by Crippen LogP contribution is 2.59. The molecule has 0 aliphatic heterocycles. The molecule has 182 valence electrons. The zero-order chi connectivity index (χ0) is 23.3. The molecule has 3 aliphatic carbocycles. The van der Waals surface area contributed by atoms with E-state index in [9.17, 15) is 9.59 Å². The van der Waals surface area contributed by atoms with Gasteiger partial charge >= 0.3 is 0 Å². The Balaban J connectivity index is 1.23. The summed E-state index contributed by atoms with van der Waals surface area (Å²) in [5.41, 5.74) is 3.78. The molecule has 4 rings (SSSR count). The van der Waals surface area contributed by atoms with Crippen molar-refractivity contribution in [3.63, 3.8) is 0 Å². The average molecular weight is 451 g/mol. The van der Waals surface area contributed by atoms with E-state index in [0.717, 1.165) is 44.1 Å². The monoisotopic (exact) mass is 450 g/mol. The first-order chi connectivity index (χ1) is 16.0. The van der Waals surface area contributed by atoms with Gasteiger partial charge in [0.2, 0.25) is 0 Å². The largest absolute Gasteiger partial charge is 0.299 e. The van der Waals surface area contributed by atoms with Crippen LogP contribution in [0.4, 0.5) is 0 Å². The molecule has 3 aliphatic rings. The lowest BCUT2D eigenvalue weighted by Gasteiger charge is -2.48. The van der Waals surface area contributed by atoms with E-state index in [2.05, 4.69) is 32.0 Å². The number of ketones is 2. The van der Waals surface area contributed by atoms with Crippen LogP contribution in [0.15, 0.2) is 18.2 Å². The van der Waals surface area contributed by atoms with Crippen LogP contribution >= 0.6 is 0 Å². The average Bonchev–Trinajstić information content (AvgIpc) is 3.14. The Labute approximate surface area is 202 Å². The maximum absolute atomic E-state index is 12.8. The lowest BCUT2D eigenvalue weighted by Crippen LogP contribution is -2.42. The van der Waals surface area contributed by atoms with Gasteiger partial charge in [-0.2, -0.15) is 0 Å². The maximum atomic E-state index is 12.8. The molecule has 2 fully saturated rings. The molecule has 0 saturated heterocycles. The van der Waals surface area contributed by atoms with Gasteiger partial charge in [0.25, 0.3) is 0 Å². The summed E-state index contributed by atoms with van der Waals surface area (Å²) < 4.78 is 0. The molecule has 2 saturated carbocycles. The number of unbranched alkanes of at least 4 members (excludes halogenated alkanes) is 9. The molecule has 33 heavy (non-hydrogen) atoms. The molecule has 0 unspecified atom stereocenters. The molecule has 4 atom stereocenters. The van der Waals surface area contributed by atoms with Crippen LogP contribution in [0.25, 0.3) is 0 Å². The zero-order valence-electron chi connectivity index (χ0n) is 21.3. The minimum absolute atomic E-state index is 0.0520. The van der Waals surface area contributed by atoms with Gasteiger partial charge in [-0.25, -0.2) is 0 Å². The van der Waals surface area contributed by atoms with Gasteiger partial charge in [0, 0.05) is 23.8 Å². The van der Waals surface area contributed by atoms with E-state index >= 15 is 0 Å². The summed E-state index contributed by atoms with van der Waals surface area (Å²) in [4.78, 5) is 25.4. The summed E-state index contributed by atoms with van der Waals surface area (Å²) in [6.07, 6.45) is 20.1. The van der Waals surface area contributed by atoms with Crippen LogP contribution in [0.2, 0.25) is 0 Å². The third-order valence-electron chi connectivity index (χ3n) is 9.51. The van der Waals surface area contributed by atoms with Crippen molar-refractivity contribution in [1.29, 1.82) is 0 Å². The highest BCUT2D eigenvalue weighted by atomic mass is 16.1. The van der Waals surface area contributed by atoms with Crippen LogP contribution in [0.1, 0.15) is 144 Å². The number of hydrogen-bond donors (Lipinski definition) is 0. The molecule has 0 bridgehead atoms. The van der Waals surface area contributed by atoms with Crippen molar-refractivity contribution < 1.29 is 9.59 Å². The molecular weight excluding hydrogens is 404 g/mol. The smallest absolute Gasteiger partial charge is 0.162 e. The molecule has 1 aromatic rings. The van der Waals surface area contributed by atoms with E-state index in [1.165, 1.54) is 75.3 Å². The second-order valence-electron chi connectivity index (χ2n) is 11.6. The first-order valence-electron chi connectivity index (χ1n) is 14.2. The summed E-state index contributed by atoms with van der Waals surface area (Å²) >= 11 is 0.